The molecule has 1 amide bonds. The van der Waals surface area contributed by atoms with Crippen molar-refractivity contribution < 1.29 is 18.0 Å². The fourth-order valence-corrected chi connectivity index (χ4v) is 2.13. The molecule has 21 heavy (non-hydrogen) atoms. The number of nitrogens with one attached hydrogen (secondary N) is 1. The number of carbonyl (C=O) groups excluding carboxylic acids is 1. The molecule has 118 valence electrons. The monoisotopic (exact) mass is 302 g/mol. The third-order valence-electron chi connectivity index (χ3n) is 3.22. The van der Waals surface area contributed by atoms with Crippen LogP contribution in [0.4, 0.5) is 18.9 Å². The molecule has 0 bridgehead atoms. The van der Waals surface area contributed by atoms with E-state index in [4.69, 9.17) is 5.73 Å². The predicted octanol–water partition coefficient (Wildman–Crippen LogP) is 3.57. The normalized spacial score (nSPS) is 13.3. The van der Waals surface area contributed by atoms with Gasteiger partial charge < -0.3 is 11.1 Å². The van der Waals surface area contributed by atoms with E-state index in [9.17, 15) is 18.0 Å². The second-order valence-corrected chi connectivity index (χ2v) is 5.58. The van der Waals surface area contributed by atoms with Crippen molar-refractivity contribution in [3.63, 3.8) is 0 Å². The minimum Gasteiger partial charge on any atom is -0.330 e. The van der Waals surface area contributed by atoms with Crippen LogP contribution in [-0.4, -0.2) is 12.5 Å². The standard InChI is InChI=1S/C15H21F3N2O/c1-9(2)6-11(8-19)14(21)20-12-5-4-10(3)13(7-12)15(16,17)18/h4-5,7,9,11H,6,8,19H2,1-3H3,(H,20,21). The minimum absolute atomic E-state index is 0.123. The summed E-state index contributed by atoms with van der Waals surface area (Å²) in [7, 11) is 0. The molecule has 3 N–H and O–H groups in total. The van der Waals surface area contributed by atoms with Gasteiger partial charge in [-0.05, 0) is 37.0 Å². The molecular formula is C15H21F3N2O. The molecule has 0 radical (unpaired) electrons. The van der Waals surface area contributed by atoms with Crippen LogP contribution in [0.2, 0.25) is 0 Å². The Morgan fingerprint density at radius 2 is 1.95 bits per heavy atom. The molecule has 1 rings (SSSR count). The molecule has 0 aliphatic heterocycles. The van der Waals surface area contributed by atoms with Gasteiger partial charge in [0.2, 0.25) is 5.91 Å². The van der Waals surface area contributed by atoms with Crippen molar-refractivity contribution in [1.82, 2.24) is 0 Å². The summed E-state index contributed by atoms with van der Waals surface area (Å²) in [4.78, 5) is 12.1. The van der Waals surface area contributed by atoms with E-state index >= 15 is 0 Å². The molecular weight excluding hydrogens is 281 g/mol. The van der Waals surface area contributed by atoms with Crippen LogP contribution < -0.4 is 11.1 Å². The summed E-state index contributed by atoms with van der Waals surface area (Å²) in [6, 6.07) is 3.76. The SMILES string of the molecule is Cc1ccc(NC(=O)C(CN)CC(C)C)cc1C(F)(F)F. The molecule has 0 aliphatic carbocycles. The quantitative estimate of drug-likeness (QED) is 0.873. The van der Waals surface area contributed by atoms with Gasteiger partial charge in [0.15, 0.2) is 0 Å². The third kappa shape index (κ3) is 5.04. The topological polar surface area (TPSA) is 55.1 Å². The first kappa shape index (κ1) is 17.5. The van der Waals surface area contributed by atoms with Crippen molar-refractivity contribution in [2.24, 2.45) is 17.6 Å². The number of carbonyl (C=O) groups is 1. The Bertz CT molecular complexity index is 498. The molecule has 6 heteroatoms. The molecule has 1 unspecified atom stereocenters. The van der Waals surface area contributed by atoms with Gasteiger partial charge in [-0.15, -0.1) is 0 Å². The number of anilines is 1. The maximum atomic E-state index is 12.8. The lowest BCUT2D eigenvalue weighted by atomic mass is 9.96. The van der Waals surface area contributed by atoms with Crippen LogP contribution in [0.15, 0.2) is 18.2 Å². The van der Waals surface area contributed by atoms with Crippen LogP contribution in [0.25, 0.3) is 0 Å². The molecule has 1 aromatic carbocycles. The maximum absolute atomic E-state index is 12.8. The number of nitrogens with two attached hydrogens (primary N) is 1. The number of hydrogen-bond acceptors (Lipinski definition) is 2. The Labute approximate surface area is 122 Å². The highest BCUT2D eigenvalue weighted by Gasteiger charge is 2.32. The Kier molecular flexibility index (Phi) is 5.78. The fourth-order valence-electron chi connectivity index (χ4n) is 2.13. The maximum Gasteiger partial charge on any atom is 0.416 e. The zero-order chi connectivity index (χ0) is 16.2. The van der Waals surface area contributed by atoms with Crippen molar-refractivity contribution in [1.29, 1.82) is 0 Å². The Morgan fingerprint density at radius 1 is 1.33 bits per heavy atom. The summed E-state index contributed by atoms with van der Waals surface area (Å²) in [6.45, 7) is 5.48. The van der Waals surface area contributed by atoms with E-state index in [-0.39, 0.29) is 29.6 Å². The molecule has 3 nitrogen and oxygen atoms in total. The summed E-state index contributed by atoms with van der Waals surface area (Å²) >= 11 is 0. The lowest BCUT2D eigenvalue weighted by Gasteiger charge is -2.18. The summed E-state index contributed by atoms with van der Waals surface area (Å²) in [5.41, 5.74) is 5.08. The number of alkyl halides is 3. The first-order chi connectivity index (χ1) is 9.65. The summed E-state index contributed by atoms with van der Waals surface area (Å²) in [5, 5.41) is 2.52. The molecule has 0 aromatic heterocycles. The summed E-state index contributed by atoms with van der Waals surface area (Å²) in [5.74, 6) is -0.461. The van der Waals surface area contributed by atoms with Crippen molar-refractivity contribution in [2.75, 3.05) is 11.9 Å². The van der Waals surface area contributed by atoms with Gasteiger partial charge >= 0.3 is 6.18 Å². The lowest BCUT2D eigenvalue weighted by Crippen LogP contribution is -2.30. The molecule has 1 aromatic rings. The average Bonchev–Trinajstić information content (AvgIpc) is 2.36. The van der Waals surface area contributed by atoms with Crippen LogP contribution in [0.1, 0.15) is 31.4 Å². The molecule has 0 spiro atoms. The lowest BCUT2D eigenvalue weighted by molar-refractivity contribution is -0.138. The Hall–Kier alpha value is -1.56. The second kappa shape index (κ2) is 6.93. The van der Waals surface area contributed by atoms with E-state index in [1.807, 2.05) is 13.8 Å². The second-order valence-electron chi connectivity index (χ2n) is 5.58. The molecule has 0 saturated carbocycles. The first-order valence-corrected chi connectivity index (χ1v) is 6.84. The predicted molar refractivity (Wildman–Crippen MR) is 76.8 cm³/mol. The molecule has 0 saturated heterocycles. The highest BCUT2D eigenvalue weighted by molar-refractivity contribution is 5.92. The van der Waals surface area contributed by atoms with Crippen LogP contribution >= 0.6 is 0 Å². The Morgan fingerprint density at radius 3 is 2.43 bits per heavy atom. The van der Waals surface area contributed by atoms with Gasteiger partial charge in [-0.3, -0.25) is 4.79 Å². The first-order valence-electron chi connectivity index (χ1n) is 6.84. The van der Waals surface area contributed by atoms with Gasteiger partial charge in [-0.2, -0.15) is 13.2 Å². The highest BCUT2D eigenvalue weighted by Crippen LogP contribution is 2.33. The number of rotatable bonds is 5. The number of amides is 1. The van der Waals surface area contributed by atoms with Gasteiger partial charge in [-0.25, -0.2) is 0 Å². The van der Waals surface area contributed by atoms with E-state index in [1.165, 1.54) is 19.1 Å². The third-order valence-corrected chi connectivity index (χ3v) is 3.22. The summed E-state index contributed by atoms with van der Waals surface area (Å²) < 4.78 is 38.5. The van der Waals surface area contributed by atoms with Crippen molar-refractivity contribution in [3.05, 3.63) is 29.3 Å². The Balaban J connectivity index is 2.90. The summed E-state index contributed by atoms with van der Waals surface area (Å²) in [6.07, 6.45) is -3.84. The van der Waals surface area contributed by atoms with E-state index in [0.717, 1.165) is 6.07 Å². The van der Waals surface area contributed by atoms with Crippen molar-refractivity contribution in [2.45, 2.75) is 33.4 Å². The van der Waals surface area contributed by atoms with Crippen LogP contribution in [-0.2, 0) is 11.0 Å². The number of hydrogen-bond donors (Lipinski definition) is 2. The average molecular weight is 302 g/mol. The molecule has 0 aliphatic rings. The van der Waals surface area contributed by atoms with Crippen molar-refractivity contribution >= 4 is 11.6 Å². The van der Waals surface area contributed by atoms with Gasteiger partial charge in [0, 0.05) is 12.2 Å². The zero-order valence-corrected chi connectivity index (χ0v) is 12.4. The zero-order valence-electron chi connectivity index (χ0n) is 12.4. The smallest absolute Gasteiger partial charge is 0.330 e. The fraction of sp³-hybridized carbons (Fsp3) is 0.533. The molecule has 0 heterocycles. The van der Waals surface area contributed by atoms with E-state index in [2.05, 4.69) is 5.32 Å². The van der Waals surface area contributed by atoms with E-state index in [0.29, 0.717) is 6.42 Å². The number of aryl methyl sites for hydroxylation is 1. The van der Waals surface area contributed by atoms with Gasteiger partial charge in [0.25, 0.3) is 0 Å². The molecule has 1 atom stereocenters. The van der Waals surface area contributed by atoms with E-state index < -0.39 is 17.7 Å². The number of halogens is 3. The van der Waals surface area contributed by atoms with Crippen molar-refractivity contribution in [3.8, 4) is 0 Å². The van der Waals surface area contributed by atoms with Gasteiger partial charge in [0.05, 0.1) is 11.5 Å². The minimum atomic E-state index is -4.43. The largest absolute Gasteiger partial charge is 0.416 e. The van der Waals surface area contributed by atoms with Crippen LogP contribution in [0.5, 0.6) is 0 Å². The van der Waals surface area contributed by atoms with E-state index in [1.54, 1.807) is 0 Å². The van der Waals surface area contributed by atoms with Gasteiger partial charge in [-0.1, -0.05) is 19.9 Å². The van der Waals surface area contributed by atoms with Crippen LogP contribution in [0, 0.1) is 18.8 Å². The highest BCUT2D eigenvalue weighted by atomic mass is 19.4. The van der Waals surface area contributed by atoms with Crippen LogP contribution in [0.3, 0.4) is 0 Å². The number of benzene rings is 1. The van der Waals surface area contributed by atoms with Gasteiger partial charge in [0.1, 0.15) is 0 Å². The molecule has 0 fully saturated rings.